The third-order valence-corrected chi connectivity index (χ3v) is 2.73. The average molecular weight is 176 g/mol. The van der Waals surface area contributed by atoms with Crippen LogP contribution in [0.25, 0.3) is 0 Å². The predicted molar refractivity (Wildman–Crippen MR) is 53.8 cm³/mol. The zero-order valence-electron chi connectivity index (χ0n) is 8.09. The summed E-state index contributed by atoms with van der Waals surface area (Å²) in [6.07, 6.45) is 4.46. The van der Waals surface area contributed by atoms with Crippen molar-refractivity contribution in [1.29, 1.82) is 0 Å². The van der Waals surface area contributed by atoms with Crippen molar-refractivity contribution in [1.82, 2.24) is 10.3 Å². The number of pyridine rings is 1. The largest absolute Gasteiger partial charge is 0.317 e. The van der Waals surface area contributed by atoms with Crippen molar-refractivity contribution >= 4 is 0 Å². The summed E-state index contributed by atoms with van der Waals surface area (Å²) in [4.78, 5) is 4.22. The molecule has 0 aromatic carbocycles. The van der Waals surface area contributed by atoms with Gasteiger partial charge < -0.3 is 5.32 Å². The molecule has 0 aliphatic carbocycles. The highest BCUT2D eigenvalue weighted by atomic mass is 14.9. The lowest BCUT2D eigenvalue weighted by atomic mass is 9.90. The fourth-order valence-corrected chi connectivity index (χ4v) is 1.98. The summed E-state index contributed by atoms with van der Waals surface area (Å²) in [5, 5.41) is 3.38. The Hall–Kier alpha value is -0.890. The Kier molecular flexibility index (Phi) is 2.60. The van der Waals surface area contributed by atoms with E-state index in [1.54, 1.807) is 0 Å². The maximum absolute atomic E-state index is 4.22. The molecule has 0 bridgehead atoms. The van der Waals surface area contributed by atoms with Crippen LogP contribution >= 0.6 is 0 Å². The van der Waals surface area contributed by atoms with E-state index in [9.17, 15) is 0 Å². The lowest BCUT2D eigenvalue weighted by Crippen LogP contribution is -2.26. The minimum atomic E-state index is 0.753. The third-order valence-electron chi connectivity index (χ3n) is 2.73. The van der Waals surface area contributed by atoms with Gasteiger partial charge in [-0.15, -0.1) is 0 Å². The second kappa shape index (κ2) is 3.88. The van der Waals surface area contributed by atoms with E-state index in [0.717, 1.165) is 24.7 Å². The van der Waals surface area contributed by atoms with E-state index >= 15 is 0 Å². The van der Waals surface area contributed by atoms with Gasteiger partial charge in [0.1, 0.15) is 0 Å². The van der Waals surface area contributed by atoms with Gasteiger partial charge >= 0.3 is 0 Å². The molecular weight excluding hydrogens is 160 g/mol. The van der Waals surface area contributed by atoms with Crippen LogP contribution in [-0.4, -0.2) is 18.1 Å². The van der Waals surface area contributed by atoms with Crippen LogP contribution in [0.15, 0.2) is 18.3 Å². The van der Waals surface area contributed by atoms with Crippen LogP contribution in [0.3, 0.4) is 0 Å². The highest BCUT2D eigenvalue weighted by molar-refractivity contribution is 5.20. The number of hydrogen-bond acceptors (Lipinski definition) is 2. The van der Waals surface area contributed by atoms with Crippen molar-refractivity contribution < 1.29 is 0 Å². The molecule has 13 heavy (non-hydrogen) atoms. The van der Waals surface area contributed by atoms with Gasteiger partial charge in [0.2, 0.25) is 0 Å². The first-order valence-electron chi connectivity index (χ1n) is 4.99. The van der Waals surface area contributed by atoms with E-state index in [1.807, 2.05) is 6.20 Å². The van der Waals surface area contributed by atoms with Gasteiger partial charge in [0.25, 0.3) is 0 Å². The van der Waals surface area contributed by atoms with Crippen LogP contribution < -0.4 is 5.32 Å². The maximum atomic E-state index is 4.22. The van der Waals surface area contributed by atoms with E-state index in [2.05, 4.69) is 29.4 Å². The molecule has 1 aliphatic rings. The molecule has 1 aliphatic heterocycles. The van der Waals surface area contributed by atoms with Gasteiger partial charge in [0.05, 0.1) is 0 Å². The number of hydrogen-bond donors (Lipinski definition) is 1. The molecule has 0 radical (unpaired) electrons. The molecule has 1 aromatic rings. The minimum Gasteiger partial charge on any atom is -0.317 e. The number of rotatable bonds is 1. The van der Waals surface area contributed by atoms with Crippen LogP contribution in [0.1, 0.15) is 30.0 Å². The van der Waals surface area contributed by atoms with E-state index in [1.165, 1.54) is 18.4 Å². The SMILES string of the molecule is Cc1cc(C2CCNCC2)ccn1. The van der Waals surface area contributed by atoms with E-state index < -0.39 is 0 Å². The lowest BCUT2D eigenvalue weighted by molar-refractivity contribution is 0.460. The number of nitrogens with zero attached hydrogens (tertiary/aromatic N) is 1. The summed E-state index contributed by atoms with van der Waals surface area (Å²) < 4.78 is 0. The Morgan fingerprint density at radius 3 is 2.85 bits per heavy atom. The molecule has 0 unspecified atom stereocenters. The molecule has 2 heterocycles. The monoisotopic (exact) mass is 176 g/mol. The smallest absolute Gasteiger partial charge is 0.0375 e. The van der Waals surface area contributed by atoms with Gasteiger partial charge in [-0.2, -0.15) is 0 Å². The van der Waals surface area contributed by atoms with Crippen LogP contribution in [-0.2, 0) is 0 Å². The van der Waals surface area contributed by atoms with Crippen LogP contribution in [0, 0.1) is 6.92 Å². The number of piperidine rings is 1. The predicted octanol–water partition coefficient (Wildman–Crippen LogP) is 1.86. The van der Waals surface area contributed by atoms with Crippen molar-refractivity contribution in [2.75, 3.05) is 13.1 Å². The van der Waals surface area contributed by atoms with Gasteiger partial charge in [-0.05, 0) is 56.5 Å². The minimum absolute atomic E-state index is 0.753. The average Bonchev–Trinajstić information content (AvgIpc) is 2.19. The van der Waals surface area contributed by atoms with E-state index in [0.29, 0.717) is 0 Å². The molecule has 0 atom stereocenters. The zero-order valence-corrected chi connectivity index (χ0v) is 8.09. The van der Waals surface area contributed by atoms with Crippen LogP contribution in [0.4, 0.5) is 0 Å². The fraction of sp³-hybridized carbons (Fsp3) is 0.545. The van der Waals surface area contributed by atoms with Crippen molar-refractivity contribution in [3.8, 4) is 0 Å². The summed E-state index contributed by atoms with van der Waals surface area (Å²) >= 11 is 0. The molecule has 0 spiro atoms. The second-order valence-electron chi connectivity index (χ2n) is 3.75. The standard InChI is InChI=1S/C11H16N2/c1-9-8-11(4-7-13-9)10-2-5-12-6-3-10/h4,7-8,10,12H,2-3,5-6H2,1H3. The van der Waals surface area contributed by atoms with Crippen molar-refractivity contribution in [2.24, 2.45) is 0 Å². The number of aryl methyl sites for hydroxylation is 1. The molecule has 2 nitrogen and oxygen atoms in total. The third kappa shape index (κ3) is 2.07. The lowest BCUT2D eigenvalue weighted by Gasteiger charge is -2.22. The van der Waals surface area contributed by atoms with E-state index in [4.69, 9.17) is 0 Å². The van der Waals surface area contributed by atoms with E-state index in [-0.39, 0.29) is 0 Å². The summed E-state index contributed by atoms with van der Waals surface area (Å²) in [5.74, 6) is 0.753. The molecule has 2 rings (SSSR count). The molecule has 1 N–H and O–H groups in total. The Morgan fingerprint density at radius 1 is 1.38 bits per heavy atom. The number of aromatic nitrogens is 1. The van der Waals surface area contributed by atoms with Gasteiger partial charge in [-0.3, -0.25) is 4.98 Å². The van der Waals surface area contributed by atoms with Crippen molar-refractivity contribution in [3.05, 3.63) is 29.6 Å². The van der Waals surface area contributed by atoms with Crippen LogP contribution in [0.2, 0.25) is 0 Å². The first-order valence-corrected chi connectivity index (χ1v) is 4.99. The highest BCUT2D eigenvalue weighted by Crippen LogP contribution is 2.24. The Balaban J connectivity index is 2.14. The first kappa shape index (κ1) is 8.70. The summed E-state index contributed by atoms with van der Waals surface area (Å²) in [7, 11) is 0. The van der Waals surface area contributed by atoms with Crippen LogP contribution in [0.5, 0.6) is 0 Å². The molecule has 1 aromatic heterocycles. The van der Waals surface area contributed by atoms with Gasteiger partial charge in [0.15, 0.2) is 0 Å². The zero-order chi connectivity index (χ0) is 9.10. The molecule has 1 saturated heterocycles. The Morgan fingerprint density at radius 2 is 2.15 bits per heavy atom. The molecule has 1 fully saturated rings. The summed E-state index contributed by atoms with van der Waals surface area (Å²) in [6.45, 7) is 4.38. The normalized spacial score (nSPS) is 18.8. The molecule has 2 heteroatoms. The summed E-state index contributed by atoms with van der Waals surface area (Å²) in [5.41, 5.74) is 2.60. The van der Waals surface area contributed by atoms with Crippen molar-refractivity contribution in [3.63, 3.8) is 0 Å². The summed E-state index contributed by atoms with van der Waals surface area (Å²) in [6, 6.07) is 4.37. The fourth-order valence-electron chi connectivity index (χ4n) is 1.98. The topological polar surface area (TPSA) is 24.9 Å². The second-order valence-corrected chi connectivity index (χ2v) is 3.75. The maximum Gasteiger partial charge on any atom is 0.0375 e. The quantitative estimate of drug-likeness (QED) is 0.706. The van der Waals surface area contributed by atoms with Gasteiger partial charge in [-0.1, -0.05) is 0 Å². The van der Waals surface area contributed by atoms with Crippen molar-refractivity contribution in [2.45, 2.75) is 25.7 Å². The molecule has 0 saturated carbocycles. The number of nitrogens with one attached hydrogen (secondary N) is 1. The molecular formula is C11H16N2. The highest BCUT2D eigenvalue weighted by Gasteiger charge is 2.14. The van der Waals surface area contributed by atoms with Gasteiger partial charge in [0, 0.05) is 11.9 Å². The molecule has 0 amide bonds. The molecule has 70 valence electrons. The van der Waals surface area contributed by atoms with Gasteiger partial charge in [-0.25, -0.2) is 0 Å². The Labute approximate surface area is 79.4 Å². The first-order chi connectivity index (χ1) is 6.36. The Bertz CT molecular complexity index is 277.